The molecule has 28 heavy (non-hydrogen) atoms. The van der Waals surface area contributed by atoms with E-state index >= 15 is 0 Å². The number of aromatic hydroxyl groups is 1. The molecule has 0 saturated carbocycles. The number of phenols is 1. The Kier molecular flexibility index (Phi) is 11.1. The Morgan fingerprint density at radius 1 is 1.14 bits per heavy atom. The molecule has 2 atom stereocenters. The van der Waals surface area contributed by atoms with Crippen molar-refractivity contribution in [1.82, 2.24) is 0 Å². The summed E-state index contributed by atoms with van der Waals surface area (Å²) in [6.45, 7) is 15.8. The van der Waals surface area contributed by atoms with Gasteiger partial charge in [0.25, 0.3) is 0 Å². The van der Waals surface area contributed by atoms with E-state index in [0.29, 0.717) is 14.3 Å². The number of halogens is 2. The molecule has 0 bridgehead atoms. The number of hydrogen-bond donors (Lipinski definition) is 1. The summed E-state index contributed by atoms with van der Waals surface area (Å²) in [7, 11) is 10.2. The Balaban J connectivity index is 0.00000122. The van der Waals surface area contributed by atoms with E-state index in [1.807, 2.05) is 6.92 Å². The van der Waals surface area contributed by atoms with Crippen molar-refractivity contribution in [2.24, 2.45) is 0 Å². The van der Waals surface area contributed by atoms with Gasteiger partial charge in [-0.3, -0.25) is 0 Å². The van der Waals surface area contributed by atoms with Crippen LogP contribution in [0.2, 0.25) is 0 Å². The quantitative estimate of drug-likeness (QED) is 0.376. The zero-order chi connectivity index (χ0) is 21.5. The third-order valence-corrected chi connectivity index (χ3v) is 6.22. The van der Waals surface area contributed by atoms with E-state index in [2.05, 4.69) is 77.2 Å². The van der Waals surface area contributed by atoms with Crippen molar-refractivity contribution < 1.29 is 22.1 Å². The molecule has 1 N–H and O–H groups in total. The molecule has 154 valence electrons. The molecule has 0 radical (unpaired) electrons. The van der Waals surface area contributed by atoms with Crippen LogP contribution in [-0.4, -0.2) is 11.7 Å². The molecule has 0 heterocycles. The van der Waals surface area contributed by atoms with Crippen LogP contribution in [0.4, 0.5) is 0 Å². The molecule has 0 aliphatic heterocycles. The Labute approximate surface area is 189 Å². The van der Waals surface area contributed by atoms with Crippen LogP contribution in [0.3, 0.4) is 0 Å². The van der Waals surface area contributed by atoms with E-state index in [4.69, 9.17) is 18.6 Å². The first kappa shape index (κ1) is 26.0. The summed E-state index contributed by atoms with van der Waals surface area (Å²) in [6.07, 6.45) is 0. The van der Waals surface area contributed by atoms with Crippen molar-refractivity contribution in [1.29, 1.82) is 0 Å². The van der Waals surface area contributed by atoms with Gasteiger partial charge in [0.2, 0.25) is 0 Å². The standard InChI is InChI=1S/C22H31NOP.2ClH.Ti/c1-8-23-16(4)18-11-9-10-14(2)21(18)25-19-13-17(22(5,6)7)12-15(3)20(19)24;;;/h9-13,16,24-25H,8H2,1-7H3;2*1H;/q-1;;;+2/p-2. The summed E-state index contributed by atoms with van der Waals surface area (Å²) in [4.78, 5) is 0. The molecule has 0 amide bonds. The van der Waals surface area contributed by atoms with Gasteiger partial charge in [-0.1, -0.05) is 73.0 Å². The number of benzene rings is 2. The number of nitrogens with zero attached hydrogens (tertiary/aromatic N) is 1. The molecule has 0 saturated heterocycles. The minimum absolute atomic E-state index is 0.0666. The van der Waals surface area contributed by atoms with E-state index in [-0.39, 0.29) is 11.5 Å². The summed E-state index contributed by atoms with van der Waals surface area (Å²) in [5.41, 5.74) is 4.84. The van der Waals surface area contributed by atoms with Crippen molar-refractivity contribution in [2.75, 3.05) is 6.54 Å². The Hall–Kier alpha value is -0.0757. The second-order valence-corrected chi connectivity index (χ2v) is 11.7. The second kappa shape index (κ2) is 11.9. The van der Waals surface area contributed by atoms with E-state index in [9.17, 15) is 5.11 Å². The third-order valence-electron chi connectivity index (χ3n) is 4.64. The third kappa shape index (κ3) is 7.31. The Bertz CT molecular complexity index is 778. The molecule has 2 rings (SSSR count). The molecule has 0 aromatic heterocycles. The number of phenolic OH excluding ortho intramolecular Hbond substituents is 1. The van der Waals surface area contributed by atoms with Crippen molar-refractivity contribution in [2.45, 2.75) is 59.9 Å². The molecule has 2 unspecified atom stereocenters. The van der Waals surface area contributed by atoms with Gasteiger partial charge in [0.15, 0.2) is 0 Å². The zero-order valence-corrected chi connectivity index (χ0v) is 21.9. The molecule has 0 aliphatic rings. The van der Waals surface area contributed by atoms with Crippen molar-refractivity contribution in [3.05, 3.63) is 57.9 Å². The van der Waals surface area contributed by atoms with E-state index < -0.39 is 17.0 Å². The normalized spacial score (nSPS) is 12.6. The van der Waals surface area contributed by atoms with E-state index in [1.54, 1.807) is 0 Å². The van der Waals surface area contributed by atoms with E-state index in [0.717, 1.165) is 17.4 Å². The summed E-state index contributed by atoms with van der Waals surface area (Å²) in [5.74, 6) is 0.431. The molecule has 0 spiro atoms. The Morgan fingerprint density at radius 3 is 2.29 bits per heavy atom. The first-order chi connectivity index (χ1) is 13.1. The maximum absolute atomic E-state index is 10.7. The molecule has 2 aromatic rings. The Morgan fingerprint density at radius 2 is 1.75 bits per heavy atom. The fraction of sp³-hybridized carbons (Fsp3) is 0.455. The van der Waals surface area contributed by atoms with Crippen molar-refractivity contribution in [3.63, 3.8) is 0 Å². The van der Waals surface area contributed by atoms with Gasteiger partial charge in [0.1, 0.15) is 5.75 Å². The monoisotopic (exact) mass is 474 g/mol. The average Bonchev–Trinajstić information content (AvgIpc) is 2.60. The second-order valence-electron chi connectivity index (χ2n) is 7.85. The predicted molar refractivity (Wildman–Crippen MR) is 124 cm³/mol. The van der Waals surface area contributed by atoms with Gasteiger partial charge in [-0.05, 0) is 47.3 Å². The zero-order valence-electron chi connectivity index (χ0n) is 17.8. The summed E-state index contributed by atoms with van der Waals surface area (Å²) in [6, 6.07) is 10.9. The molecule has 0 fully saturated rings. The van der Waals surface area contributed by atoms with Crippen LogP contribution in [0, 0.1) is 13.8 Å². The van der Waals surface area contributed by atoms with Crippen LogP contribution >= 0.6 is 27.2 Å². The molecule has 0 aliphatic carbocycles. The minimum atomic E-state index is -0.556. The molecular weight excluding hydrogens is 444 g/mol. The van der Waals surface area contributed by atoms with Crippen LogP contribution in [0.15, 0.2) is 30.3 Å². The van der Waals surface area contributed by atoms with Gasteiger partial charge >= 0.3 is 35.6 Å². The SMILES string of the molecule is CC[N-]C(C)c1cccc(C)c1Pc1cc(C(C)(C)C)cc(C)c1O.[Cl][Ti][Cl]. The van der Waals surface area contributed by atoms with Gasteiger partial charge < -0.3 is 10.4 Å². The van der Waals surface area contributed by atoms with Gasteiger partial charge in [-0.15, -0.1) is 6.04 Å². The molecule has 2 nitrogen and oxygen atoms in total. The molecule has 2 aromatic carbocycles. The average molecular weight is 475 g/mol. The predicted octanol–water partition coefficient (Wildman–Crippen LogP) is 6.77. The maximum atomic E-state index is 10.7. The van der Waals surface area contributed by atoms with Crippen LogP contribution in [0.25, 0.3) is 5.32 Å². The van der Waals surface area contributed by atoms with Gasteiger partial charge in [-0.2, -0.15) is 6.54 Å². The number of aryl methyl sites for hydroxylation is 2. The van der Waals surface area contributed by atoms with Gasteiger partial charge in [0, 0.05) is 5.30 Å². The van der Waals surface area contributed by atoms with Crippen LogP contribution in [0.1, 0.15) is 62.9 Å². The first-order valence-electron chi connectivity index (χ1n) is 9.40. The van der Waals surface area contributed by atoms with Gasteiger partial charge in [0.05, 0.1) is 0 Å². The van der Waals surface area contributed by atoms with Crippen molar-refractivity contribution >= 4 is 37.8 Å². The molecule has 6 heteroatoms. The molecular formula is C22H31Cl2NOPTi-. The van der Waals surface area contributed by atoms with Crippen LogP contribution in [0.5, 0.6) is 5.75 Å². The van der Waals surface area contributed by atoms with Crippen LogP contribution in [-0.2, 0) is 22.4 Å². The summed E-state index contributed by atoms with van der Waals surface area (Å²) >= 11 is -0.556. The fourth-order valence-electron chi connectivity index (χ4n) is 3.02. The van der Waals surface area contributed by atoms with Crippen LogP contribution < -0.4 is 10.6 Å². The summed E-state index contributed by atoms with van der Waals surface area (Å²) in [5, 5.41) is 17.7. The summed E-state index contributed by atoms with van der Waals surface area (Å²) < 4.78 is 0. The van der Waals surface area contributed by atoms with E-state index in [1.165, 1.54) is 22.0 Å². The fourth-order valence-corrected chi connectivity index (χ4v) is 4.55. The number of rotatable bonds is 5. The van der Waals surface area contributed by atoms with Gasteiger partial charge in [-0.25, -0.2) is 0 Å². The van der Waals surface area contributed by atoms with Crippen molar-refractivity contribution in [3.8, 4) is 5.75 Å². The first-order valence-corrected chi connectivity index (χ1v) is 14.7. The topological polar surface area (TPSA) is 34.3 Å². The number of hydrogen-bond acceptors (Lipinski definition) is 1.